The third-order valence-electron chi connectivity index (χ3n) is 3.85. The minimum Gasteiger partial charge on any atom is -0.481 e. The fourth-order valence-corrected chi connectivity index (χ4v) is 2.22. The molecular formula is C19H22FNO2. The maximum Gasteiger partial charge on any atom is 0.260 e. The lowest BCUT2D eigenvalue weighted by Crippen LogP contribution is -2.37. The smallest absolute Gasteiger partial charge is 0.260 e. The van der Waals surface area contributed by atoms with Gasteiger partial charge in [-0.15, -0.1) is 0 Å². The summed E-state index contributed by atoms with van der Waals surface area (Å²) >= 11 is 0. The average Bonchev–Trinajstić information content (AvgIpc) is 2.53. The van der Waals surface area contributed by atoms with Gasteiger partial charge in [-0.05, 0) is 62.1 Å². The van der Waals surface area contributed by atoms with Gasteiger partial charge in [0.05, 0.1) is 0 Å². The second kappa shape index (κ2) is 7.77. The van der Waals surface area contributed by atoms with Crippen LogP contribution < -0.4 is 10.1 Å². The maximum absolute atomic E-state index is 12.8. The molecule has 23 heavy (non-hydrogen) atoms. The Morgan fingerprint density at radius 2 is 1.87 bits per heavy atom. The average molecular weight is 315 g/mol. The molecule has 0 aliphatic carbocycles. The standard InChI is InChI=1S/C19H22FNO2/c1-13-5-4-6-18(14(13)2)23-15(3)19(22)21-12-11-16-7-9-17(20)10-8-16/h4-10,15H,11-12H2,1-3H3,(H,21,22). The molecule has 2 aromatic carbocycles. The van der Waals surface area contributed by atoms with Crippen LogP contribution in [0.25, 0.3) is 0 Å². The van der Waals surface area contributed by atoms with Crippen molar-refractivity contribution in [2.24, 2.45) is 0 Å². The summed E-state index contributed by atoms with van der Waals surface area (Å²) in [5, 5.41) is 2.84. The van der Waals surface area contributed by atoms with E-state index in [4.69, 9.17) is 4.74 Å². The molecule has 1 N–H and O–H groups in total. The minimum absolute atomic E-state index is 0.159. The molecule has 1 amide bonds. The summed E-state index contributed by atoms with van der Waals surface area (Å²) in [6.07, 6.45) is 0.0890. The van der Waals surface area contributed by atoms with Gasteiger partial charge in [-0.2, -0.15) is 0 Å². The number of ether oxygens (including phenoxy) is 1. The molecule has 0 spiro atoms. The number of nitrogens with one attached hydrogen (secondary N) is 1. The molecule has 1 unspecified atom stereocenters. The van der Waals surface area contributed by atoms with Gasteiger partial charge < -0.3 is 10.1 Å². The van der Waals surface area contributed by atoms with E-state index in [0.29, 0.717) is 13.0 Å². The van der Waals surface area contributed by atoms with Crippen LogP contribution in [-0.2, 0) is 11.2 Å². The number of benzene rings is 2. The molecule has 0 bridgehead atoms. The van der Waals surface area contributed by atoms with E-state index in [2.05, 4.69) is 5.32 Å². The van der Waals surface area contributed by atoms with Crippen LogP contribution in [-0.4, -0.2) is 18.6 Å². The van der Waals surface area contributed by atoms with Gasteiger partial charge in [0, 0.05) is 6.54 Å². The van der Waals surface area contributed by atoms with Crippen LogP contribution in [0.3, 0.4) is 0 Å². The Balaban J connectivity index is 1.83. The Morgan fingerprint density at radius 1 is 1.17 bits per heavy atom. The molecule has 1 atom stereocenters. The van der Waals surface area contributed by atoms with Crippen LogP contribution in [0.4, 0.5) is 4.39 Å². The van der Waals surface area contributed by atoms with E-state index in [1.807, 2.05) is 32.0 Å². The van der Waals surface area contributed by atoms with Crippen molar-refractivity contribution in [2.45, 2.75) is 33.3 Å². The number of carbonyl (C=O) groups excluding carboxylic acids is 1. The van der Waals surface area contributed by atoms with Gasteiger partial charge in [-0.25, -0.2) is 4.39 Å². The number of hydrogen-bond acceptors (Lipinski definition) is 2. The zero-order valence-electron chi connectivity index (χ0n) is 13.7. The van der Waals surface area contributed by atoms with E-state index in [9.17, 15) is 9.18 Å². The summed E-state index contributed by atoms with van der Waals surface area (Å²) in [7, 11) is 0. The number of amides is 1. The molecule has 4 heteroatoms. The first kappa shape index (κ1) is 17.0. The molecule has 0 aromatic heterocycles. The van der Waals surface area contributed by atoms with Crippen molar-refractivity contribution in [3.05, 3.63) is 65.0 Å². The summed E-state index contributed by atoms with van der Waals surface area (Å²) in [4.78, 5) is 12.1. The lowest BCUT2D eigenvalue weighted by Gasteiger charge is -2.17. The number of hydrogen-bond donors (Lipinski definition) is 1. The summed E-state index contributed by atoms with van der Waals surface area (Å²) in [6, 6.07) is 12.1. The van der Waals surface area contributed by atoms with E-state index in [-0.39, 0.29) is 11.7 Å². The Kier molecular flexibility index (Phi) is 5.74. The largest absolute Gasteiger partial charge is 0.481 e. The predicted octanol–water partition coefficient (Wildman–Crippen LogP) is 3.57. The molecule has 0 saturated carbocycles. The van der Waals surface area contributed by atoms with Crippen molar-refractivity contribution in [1.82, 2.24) is 5.32 Å². The van der Waals surface area contributed by atoms with E-state index >= 15 is 0 Å². The van der Waals surface area contributed by atoms with Gasteiger partial charge >= 0.3 is 0 Å². The SMILES string of the molecule is Cc1cccc(OC(C)C(=O)NCCc2ccc(F)cc2)c1C. The number of aryl methyl sites for hydroxylation is 1. The second-order valence-electron chi connectivity index (χ2n) is 5.63. The van der Waals surface area contributed by atoms with E-state index in [0.717, 1.165) is 22.4 Å². The molecule has 0 heterocycles. The zero-order valence-corrected chi connectivity index (χ0v) is 13.7. The Bertz CT molecular complexity index is 668. The highest BCUT2D eigenvalue weighted by Gasteiger charge is 2.15. The maximum atomic E-state index is 12.8. The van der Waals surface area contributed by atoms with Gasteiger partial charge in [0.15, 0.2) is 6.10 Å². The van der Waals surface area contributed by atoms with Crippen LogP contribution in [0.2, 0.25) is 0 Å². The van der Waals surface area contributed by atoms with E-state index in [1.165, 1.54) is 12.1 Å². The first-order chi connectivity index (χ1) is 11.0. The van der Waals surface area contributed by atoms with Crippen molar-refractivity contribution in [3.63, 3.8) is 0 Å². The quantitative estimate of drug-likeness (QED) is 0.885. The highest BCUT2D eigenvalue weighted by molar-refractivity contribution is 5.80. The summed E-state index contributed by atoms with van der Waals surface area (Å²) in [6.45, 7) is 6.21. The van der Waals surface area contributed by atoms with Crippen molar-refractivity contribution in [2.75, 3.05) is 6.54 Å². The molecule has 0 radical (unpaired) electrons. The minimum atomic E-state index is -0.566. The van der Waals surface area contributed by atoms with Crippen LogP contribution in [0, 0.1) is 19.7 Å². The molecule has 0 aliphatic rings. The highest BCUT2D eigenvalue weighted by atomic mass is 19.1. The van der Waals surface area contributed by atoms with Gasteiger partial charge in [0.2, 0.25) is 0 Å². The Hall–Kier alpha value is -2.36. The summed E-state index contributed by atoms with van der Waals surface area (Å²) in [5.74, 6) is 0.313. The van der Waals surface area contributed by atoms with Crippen molar-refractivity contribution in [1.29, 1.82) is 0 Å². The fraction of sp³-hybridized carbons (Fsp3) is 0.316. The molecular weight excluding hydrogens is 293 g/mol. The summed E-state index contributed by atoms with van der Waals surface area (Å²) < 4.78 is 18.6. The second-order valence-corrected chi connectivity index (χ2v) is 5.63. The fourth-order valence-electron chi connectivity index (χ4n) is 2.22. The molecule has 122 valence electrons. The first-order valence-corrected chi connectivity index (χ1v) is 7.72. The normalized spacial score (nSPS) is 11.8. The molecule has 2 aromatic rings. The lowest BCUT2D eigenvalue weighted by molar-refractivity contribution is -0.127. The first-order valence-electron chi connectivity index (χ1n) is 7.72. The molecule has 0 fully saturated rings. The van der Waals surface area contributed by atoms with Crippen molar-refractivity contribution < 1.29 is 13.9 Å². The van der Waals surface area contributed by atoms with Gasteiger partial charge in [0.25, 0.3) is 5.91 Å². The predicted molar refractivity (Wildman–Crippen MR) is 89.1 cm³/mol. The van der Waals surface area contributed by atoms with Crippen LogP contribution >= 0.6 is 0 Å². The topological polar surface area (TPSA) is 38.3 Å². The van der Waals surface area contributed by atoms with E-state index < -0.39 is 6.10 Å². The van der Waals surface area contributed by atoms with Gasteiger partial charge in [-0.1, -0.05) is 24.3 Å². The molecule has 2 rings (SSSR count). The summed E-state index contributed by atoms with van der Waals surface area (Å²) in [5.41, 5.74) is 3.15. The molecule has 3 nitrogen and oxygen atoms in total. The van der Waals surface area contributed by atoms with Crippen molar-refractivity contribution >= 4 is 5.91 Å². The number of carbonyl (C=O) groups is 1. The highest BCUT2D eigenvalue weighted by Crippen LogP contribution is 2.21. The zero-order chi connectivity index (χ0) is 16.8. The van der Waals surface area contributed by atoms with Crippen LogP contribution in [0.1, 0.15) is 23.6 Å². The van der Waals surface area contributed by atoms with Crippen molar-refractivity contribution in [3.8, 4) is 5.75 Å². The lowest BCUT2D eigenvalue weighted by atomic mass is 10.1. The van der Waals surface area contributed by atoms with Crippen LogP contribution in [0.15, 0.2) is 42.5 Å². The number of rotatable bonds is 6. The molecule has 0 saturated heterocycles. The van der Waals surface area contributed by atoms with Gasteiger partial charge in [0.1, 0.15) is 11.6 Å². The van der Waals surface area contributed by atoms with Gasteiger partial charge in [-0.3, -0.25) is 4.79 Å². The third-order valence-corrected chi connectivity index (χ3v) is 3.85. The molecule has 0 aliphatic heterocycles. The Labute approximate surface area is 136 Å². The number of halogens is 1. The monoisotopic (exact) mass is 315 g/mol. The van der Waals surface area contributed by atoms with Crippen LogP contribution in [0.5, 0.6) is 5.75 Å². The third kappa shape index (κ3) is 4.81. The Morgan fingerprint density at radius 3 is 2.57 bits per heavy atom. The van der Waals surface area contributed by atoms with E-state index in [1.54, 1.807) is 19.1 Å².